The molecule has 3 heterocycles. The van der Waals surface area contributed by atoms with Crippen LogP contribution in [-0.4, -0.2) is 89.8 Å². The first-order valence-corrected chi connectivity index (χ1v) is 14.5. The molecular weight excluding hydrogens is 510 g/mol. The first-order chi connectivity index (χ1) is 19.4. The van der Waals surface area contributed by atoms with Gasteiger partial charge in [-0.15, -0.1) is 13.2 Å². The van der Waals surface area contributed by atoms with E-state index < -0.39 is 29.6 Å². The summed E-state index contributed by atoms with van der Waals surface area (Å²) in [5.74, 6) is -1.56. The van der Waals surface area contributed by atoms with E-state index in [1.54, 1.807) is 22.0 Å². The maximum atomic E-state index is 14.2. The van der Waals surface area contributed by atoms with Crippen molar-refractivity contribution in [3.8, 4) is 5.75 Å². The van der Waals surface area contributed by atoms with Crippen LogP contribution in [0.1, 0.15) is 46.0 Å². The number of carbonyl (C=O) groups excluding carboxylic acids is 3. The highest BCUT2D eigenvalue weighted by Gasteiger charge is 2.74. The fraction of sp³-hybridized carbons (Fsp3) is 0.581. The third-order valence-corrected chi connectivity index (χ3v) is 8.39. The number of hydrogen-bond acceptors (Lipinski definition) is 6. The molecule has 5 atom stereocenters. The van der Waals surface area contributed by atoms with Gasteiger partial charge in [0.25, 0.3) is 0 Å². The van der Waals surface area contributed by atoms with E-state index in [9.17, 15) is 19.5 Å². The molecule has 4 rings (SSSR count). The zero-order valence-corrected chi connectivity index (χ0v) is 23.8. The van der Waals surface area contributed by atoms with Crippen molar-refractivity contribution in [2.45, 2.75) is 63.7 Å². The third-order valence-electron chi connectivity index (χ3n) is 8.39. The van der Waals surface area contributed by atoms with E-state index in [0.717, 1.165) is 19.3 Å². The molecule has 0 aliphatic carbocycles. The highest BCUT2D eigenvalue weighted by molar-refractivity contribution is 6.03. The molecule has 2 bridgehead atoms. The Bertz CT molecular complexity index is 1090. The Hall–Kier alpha value is -3.17. The van der Waals surface area contributed by atoms with Crippen LogP contribution in [0.3, 0.4) is 0 Å². The van der Waals surface area contributed by atoms with Crippen molar-refractivity contribution in [3.63, 3.8) is 0 Å². The van der Waals surface area contributed by atoms with E-state index in [0.29, 0.717) is 44.0 Å². The number of benzene rings is 1. The van der Waals surface area contributed by atoms with Crippen molar-refractivity contribution in [3.05, 3.63) is 49.6 Å². The monoisotopic (exact) mass is 553 g/mol. The lowest BCUT2D eigenvalue weighted by molar-refractivity contribution is -0.148. The number of carbonyl (C=O) groups is 3. The lowest BCUT2D eigenvalue weighted by atomic mass is 9.70. The van der Waals surface area contributed by atoms with E-state index in [1.165, 1.54) is 4.90 Å². The number of anilines is 1. The van der Waals surface area contributed by atoms with Gasteiger partial charge in [-0.3, -0.25) is 14.4 Å². The van der Waals surface area contributed by atoms with Crippen molar-refractivity contribution >= 4 is 23.4 Å². The molecule has 0 radical (unpaired) electrons. The largest absolute Gasteiger partial charge is 0.494 e. The van der Waals surface area contributed by atoms with Crippen LogP contribution in [0, 0.1) is 11.8 Å². The van der Waals surface area contributed by atoms with E-state index in [1.807, 2.05) is 31.2 Å². The van der Waals surface area contributed by atoms with Crippen LogP contribution in [0.5, 0.6) is 5.75 Å². The average molecular weight is 554 g/mol. The lowest BCUT2D eigenvalue weighted by Gasteiger charge is -2.37. The summed E-state index contributed by atoms with van der Waals surface area (Å²) < 4.78 is 12.1. The summed E-state index contributed by atoms with van der Waals surface area (Å²) in [5, 5.41) is 9.86. The fourth-order valence-electron chi connectivity index (χ4n) is 6.76. The number of nitrogens with zero attached hydrogens (tertiary/aromatic N) is 3. The lowest BCUT2D eigenvalue weighted by Crippen LogP contribution is -2.56. The predicted octanol–water partition coefficient (Wildman–Crippen LogP) is 3.18. The normalized spacial score (nSPS) is 26.5. The van der Waals surface area contributed by atoms with Crippen molar-refractivity contribution in [1.29, 1.82) is 0 Å². The van der Waals surface area contributed by atoms with E-state index in [-0.39, 0.29) is 37.4 Å². The molecule has 0 aromatic heterocycles. The highest BCUT2D eigenvalue weighted by atomic mass is 16.5. The Balaban J connectivity index is 1.67. The summed E-state index contributed by atoms with van der Waals surface area (Å²) in [5.41, 5.74) is -0.430. The van der Waals surface area contributed by atoms with Gasteiger partial charge in [-0.25, -0.2) is 0 Å². The van der Waals surface area contributed by atoms with Crippen LogP contribution in [-0.2, 0) is 19.1 Å². The number of unbranched alkanes of at least 4 members (excludes halogenated alkanes) is 2. The quantitative estimate of drug-likeness (QED) is 0.265. The molecule has 1 aromatic rings. The molecular formula is C31H43N3O6. The number of hydrogen-bond donors (Lipinski definition) is 1. The van der Waals surface area contributed by atoms with Crippen LogP contribution in [0.2, 0.25) is 0 Å². The molecule has 0 saturated carbocycles. The Morgan fingerprint density at radius 2 is 1.88 bits per heavy atom. The molecule has 9 nitrogen and oxygen atoms in total. The van der Waals surface area contributed by atoms with Crippen LogP contribution in [0.25, 0.3) is 0 Å². The summed E-state index contributed by atoms with van der Waals surface area (Å²) in [6, 6.07) is 6.37. The average Bonchev–Trinajstić information content (AvgIpc) is 3.59. The Labute approximate surface area is 237 Å². The minimum Gasteiger partial charge on any atom is -0.494 e. The van der Waals surface area contributed by atoms with Crippen LogP contribution < -0.4 is 9.64 Å². The SMILES string of the molecule is C=CCN(CCCCC)C(=O)C1N(CCO)C(=O)[C@@H]2[C@H](C(=O)N(CC=C)c3ccc(OCC)cc3)[C@@H]3CCC12O3. The minimum absolute atomic E-state index is 0.00851. The van der Waals surface area contributed by atoms with Gasteiger partial charge in [0.2, 0.25) is 17.7 Å². The Morgan fingerprint density at radius 1 is 1.15 bits per heavy atom. The maximum absolute atomic E-state index is 14.2. The number of aliphatic hydroxyl groups excluding tert-OH is 1. The first kappa shape index (κ1) is 29.8. The minimum atomic E-state index is -1.10. The summed E-state index contributed by atoms with van der Waals surface area (Å²) >= 11 is 0. The molecule has 1 aromatic carbocycles. The molecule has 3 amide bonds. The van der Waals surface area contributed by atoms with Gasteiger partial charge in [0.15, 0.2) is 0 Å². The number of amides is 3. The predicted molar refractivity (Wildman–Crippen MR) is 153 cm³/mol. The van der Waals surface area contributed by atoms with Gasteiger partial charge < -0.3 is 29.3 Å². The molecule has 3 fully saturated rings. The summed E-state index contributed by atoms with van der Waals surface area (Å²) in [6.45, 7) is 13.1. The highest BCUT2D eigenvalue weighted by Crippen LogP contribution is 2.59. The van der Waals surface area contributed by atoms with E-state index >= 15 is 0 Å². The molecule has 9 heteroatoms. The van der Waals surface area contributed by atoms with E-state index in [2.05, 4.69) is 20.1 Å². The summed E-state index contributed by atoms with van der Waals surface area (Å²) in [6.07, 6.45) is 6.82. The summed E-state index contributed by atoms with van der Waals surface area (Å²) in [7, 11) is 0. The number of aliphatic hydroxyl groups is 1. The van der Waals surface area contributed by atoms with Gasteiger partial charge in [0, 0.05) is 31.9 Å². The second kappa shape index (κ2) is 13.0. The van der Waals surface area contributed by atoms with Gasteiger partial charge in [0.05, 0.1) is 31.2 Å². The van der Waals surface area contributed by atoms with Crippen LogP contribution in [0.4, 0.5) is 5.69 Å². The van der Waals surface area contributed by atoms with Crippen LogP contribution >= 0.6 is 0 Å². The molecule has 2 unspecified atom stereocenters. The zero-order chi connectivity index (χ0) is 28.9. The molecule has 218 valence electrons. The molecule has 3 saturated heterocycles. The van der Waals surface area contributed by atoms with Gasteiger partial charge in [-0.1, -0.05) is 31.9 Å². The number of β-amino-alcohol motifs (C(OH)–C–C–N with tert-alkyl or cyclic N) is 1. The smallest absolute Gasteiger partial charge is 0.248 e. The third kappa shape index (κ3) is 5.29. The summed E-state index contributed by atoms with van der Waals surface area (Å²) in [4.78, 5) is 47.1. The Morgan fingerprint density at radius 3 is 2.50 bits per heavy atom. The molecule has 3 aliphatic rings. The topological polar surface area (TPSA) is 99.6 Å². The second-order valence-corrected chi connectivity index (χ2v) is 10.8. The molecule has 40 heavy (non-hydrogen) atoms. The molecule has 1 N–H and O–H groups in total. The van der Waals surface area contributed by atoms with Gasteiger partial charge >= 0.3 is 0 Å². The number of rotatable bonds is 15. The maximum Gasteiger partial charge on any atom is 0.248 e. The van der Waals surface area contributed by atoms with Crippen LogP contribution in [0.15, 0.2) is 49.6 Å². The standard InChI is InChI=1S/C31H43N3O6/c1-5-9-10-19-32(17-6-2)30(38)27-31-16-15-24(40-31)25(26(31)29(37)34(27)20-21-35)28(36)33(18-7-3)22-11-13-23(14-12-22)39-8-4/h6-7,11-14,24-27,35H,2-3,5,8-10,15-21H2,1,4H3/t24-,25+,26-,27?,31?/m0/s1. The fourth-order valence-corrected chi connectivity index (χ4v) is 6.76. The molecule has 1 spiro atoms. The second-order valence-electron chi connectivity index (χ2n) is 10.8. The van der Waals surface area contributed by atoms with Crippen molar-refractivity contribution in [2.24, 2.45) is 11.8 Å². The first-order valence-electron chi connectivity index (χ1n) is 14.5. The zero-order valence-electron chi connectivity index (χ0n) is 23.8. The molecule has 3 aliphatic heterocycles. The van der Waals surface area contributed by atoms with E-state index in [4.69, 9.17) is 9.47 Å². The van der Waals surface area contributed by atoms with Crippen molar-refractivity contribution in [1.82, 2.24) is 9.80 Å². The van der Waals surface area contributed by atoms with Gasteiger partial charge in [-0.2, -0.15) is 0 Å². The van der Waals surface area contributed by atoms with Crippen molar-refractivity contribution in [2.75, 3.05) is 44.3 Å². The van der Waals surface area contributed by atoms with Gasteiger partial charge in [0.1, 0.15) is 17.4 Å². The Kier molecular flexibility index (Phi) is 9.68. The number of fused-ring (bicyclic) bond motifs is 1. The number of likely N-dealkylation sites (tertiary alicyclic amines) is 1. The van der Waals surface area contributed by atoms with Gasteiger partial charge in [-0.05, 0) is 50.5 Å². The van der Waals surface area contributed by atoms with Crippen molar-refractivity contribution < 1.29 is 29.0 Å². The number of ether oxygens (including phenoxy) is 2.